The fraction of sp³-hybridized carbons (Fsp3) is 0.312. The first-order valence-electron chi connectivity index (χ1n) is 7.19. The van der Waals surface area contributed by atoms with Crippen molar-refractivity contribution in [1.82, 2.24) is 14.3 Å². The van der Waals surface area contributed by atoms with Crippen molar-refractivity contribution >= 4 is 27.5 Å². The maximum atomic E-state index is 12.3. The Morgan fingerprint density at radius 1 is 1.32 bits per heavy atom. The van der Waals surface area contributed by atoms with Gasteiger partial charge in [-0.2, -0.15) is 10.1 Å². The summed E-state index contributed by atoms with van der Waals surface area (Å²) in [5.74, 6) is -0.297. The summed E-state index contributed by atoms with van der Waals surface area (Å²) >= 11 is 1.54. The number of nitrogens with zero attached hydrogens (tertiary/aromatic N) is 4. The molecule has 0 spiro atoms. The Hall–Kier alpha value is -2.21. The number of fused-ring (bicyclic) bond motifs is 1. The summed E-state index contributed by atoms with van der Waals surface area (Å²) < 4.78 is 4.89. The van der Waals surface area contributed by atoms with E-state index in [4.69, 9.17) is 0 Å². The Kier molecular flexibility index (Phi) is 3.70. The molecule has 3 aromatic rings. The van der Waals surface area contributed by atoms with Crippen molar-refractivity contribution in [2.24, 2.45) is 12.0 Å². The second kappa shape index (κ2) is 5.53. The Morgan fingerprint density at radius 2 is 2.09 bits per heavy atom. The molecule has 0 N–H and O–H groups in total. The average molecular weight is 314 g/mol. The first kappa shape index (κ1) is 14.7. The van der Waals surface area contributed by atoms with Crippen molar-refractivity contribution in [3.63, 3.8) is 0 Å². The van der Waals surface area contributed by atoms with Crippen LogP contribution in [-0.2, 0) is 13.6 Å². The van der Waals surface area contributed by atoms with Gasteiger partial charge in [-0.1, -0.05) is 17.4 Å². The summed E-state index contributed by atoms with van der Waals surface area (Å²) in [6.45, 7) is 6.81. The molecule has 22 heavy (non-hydrogen) atoms. The molecule has 0 aliphatic heterocycles. The van der Waals surface area contributed by atoms with E-state index in [9.17, 15) is 4.79 Å². The van der Waals surface area contributed by atoms with Gasteiger partial charge in [-0.15, -0.1) is 0 Å². The van der Waals surface area contributed by atoms with Crippen molar-refractivity contribution in [2.75, 3.05) is 0 Å². The molecule has 0 saturated heterocycles. The third kappa shape index (κ3) is 2.50. The molecule has 0 aliphatic carbocycles. The van der Waals surface area contributed by atoms with Crippen LogP contribution in [0.4, 0.5) is 0 Å². The lowest BCUT2D eigenvalue weighted by molar-refractivity contribution is 0.0992. The van der Waals surface area contributed by atoms with Crippen LogP contribution in [0.5, 0.6) is 0 Å². The van der Waals surface area contributed by atoms with Crippen LogP contribution in [0.1, 0.15) is 28.7 Å². The molecule has 5 nitrogen and oxygen atoms in total. The minimum absolute atomic E-state index is 0.297. The zero-order chi connectivity index (χ0) is 15.9. The van der Waals surface area contributed by atoms with Crippen molar-refractivity contribution in [2.45, 2.75) is 27.3 Å². The predicted molar refractivity (Wildman–Crippen MR) is 88.1 cm³/mol. The Morgan fingerprint density at radius 3 is 2.73 bits per heavy atom. The average Bonchev–Trinajstić information content (AvgIpc) is 2.98. The van der Waals surface area contributed by atoms with Gasteiger partial charge in [-0.05, 0) is 44.5 Å². The van der Waals surface area contributed by atoms with E-state index in [2.05, 4.69) is 46.7 Å². The summed E-state index contributed by atoms with van der Waals surface area (Å²) in [5, 5.41) is 4.20. The highest BCUT2D eigenvalue weighted by atomic mass is 32.1. The number of benzene rings is 1. The van der Waals surface area contributed by atoms with E-state index < -0.39 is 0 Å². The van der Waals surface area contributed by atoms with Gasteiger partial charge in [0.25, 0.3) is 5.91 Å². The number of amides is 1. The van der Waals surface area contributed by atoms with Crippen LogP contribution in [0.3, 0.4) is 0 Å². The summed E-state index contributed by atoms with van der Waals surface area (Å²) in [5.41, 5.74) is 3.64. The highest BCUT2D eigenvalue weighted by molar-refractivity contribution is 7.16. The number of rotatable bonds is 2. The van der Waals surface area contributed by atoms with Crippen LogP contribution in [0.25, 0.3) is 10.2 Å². The topological polar surface area (TPSA) is 52.2 Å². The van der Waals surface area contributed by atoms with Gasteiger partial charge < -0.3 is 4.57 Å². The van der Waals surface area contributed by atoms with E-state index in [0.29, 0.717) is 5.69 Å². The Bertz CT molecular complexity index is 910. The maximum absolute atomic E-state index is 12.3. The number of hydrogen-bond donors (Lipinski definition) is 0. The van der Waals surface area contributed by atoms with Gasteiger partial charge in [-0.3, -0.25) is 9.48 Å². The number of hydrogen-bond acceptors (Lipinski definition) is 3. The quantitative estimate of drug-likeness (QED) is 0.730. The van der Waals surface area contributed by atoms with Crippen molar-refractivity contribution in [1.29, 1.82) is 0 Å². The number of thiazole rings is 1. The summed E-state index contributed by atoms with van der Waals surface area (Å²) in [6, 6.07) is 8.05. The molecule has 2 aromatic heterocycles. The minimum atomic E-state index is -0.297. The van der Waals surface area contributed by atoms with Gasteiger partial charge in [0, 0.05) is 19.3 Å². The van der Waals surface area contributed by atoms with Crippen molar-refractivity contribution in [3.8, 4) is 0 Å². The van der Waals surface area contributed by atoms with Gasteiger partial charge in [0.05, 0.1) is 10.2 Å². The predicted octanol–water partition coefficient (Wildman–Crippen LogP) is 2.81. The summed E-state index contributed by atoms with van der Waals surface area (Å²) in [4.78, 5) is 17.3. The third-order valence-electron chi connectivity index (χ3n) is 3.68. The van der Waals surface area contributed by atoms with E-state index in [0.717, 1.165) is 27.3 Å². The van der Waals surface area contributed by atoms with Crippen LogP contribution in [0, 0.1) is 13.8 Å². The smallest absolute Gasteiger partial charge is 0.300 e. The Labute approximate surface area is 132 Å². The van der Waals surface area contributed by atoms with Crippen molar-refractivity contribution in [3.05, 3.63) is 46.0 Å². The van der Waals surface area contributed by atoms with Gasteiger partial charge >= 0.3 is 0 Å². The molecule has 0 atom stereocenters. The second-order valence-electron chi connectivity index (χ2n) is 5.31. The monoisotopic (exact) mass is 314 g/mol. The van der Waals surface area contributed by atoms with Crippen LogP contribution < -0.4 is 4.80 Å². The molecule has 0 radical (unpaired) electrons. The van der Waals surface area contributed by atoms with Gasteiger partial charge in [0.2, 0.25) is 0 Å². The summed E-state index contributed by atoms with van der Waals surface area (Å²) in [7, 11) is 1.82. The molecule has 114 valence electrons. The molecular weight excluding hydrogens is 296 g/mol. The van der Waals surface area contributed by atoms with Crippen LogP contribution >= 0.6 is 11.3 Å². The number of carbonyl (C=O) groups excluding carboxylic acids is 1. The van der Waals surface area contributed by atoms with Gasteiger partial charge in [0.1, 0.15) is 0 Å². The number of aromatic nitrogens is 3. The number of aryl methyl sites for hydroxylation is 4. The standard InChI is InChI=1S/C16H18N4OS/c1-5-20-13-7-6-10(2)8-14(13)22-16(20)17-15(21)12-9-11(3)19(4)18-12/h6-9H,5H2,1-4H3. The zero-order valence-corrected chi connectivity index (χ0v) is 13.9. The molecule has 6 heteroatoms. The fourth-order valence-corrected chi connectivity index (χ4v) is 3.57. The van der Waals surface area contributed by atoms with Gasteiger partial charge in [0.15, 0.2) is 10.5 Å². The summed E-state index contributed by atoms with van der Waals surface area (Å²) in [6.07, 6.45) is 0. The molecule has 0 aliphatic rings. The zero-order valence-electron chi connectivity index (χ0n) is 13.1. The minimum Gasteiger partial charge on any atom is -0.317 e. The highest BCUT2D eigenvalue weighted by Crippen LogP contribution is 2.19. The molecule has 2 heterocycles. The van der Waals surface area contributed by atoms with Crippen LogP contribution in [-0.4, -0.2) is 20.3 Å². The van der Waals surface area contributed by atoms with Crippen molar-refractivity contribution < 1.29 is 4.79 Å². The second-order valence-corrected chi connectivity index (χ2v) is 6.32. The highest BCUT2D eigenvalue weighted by Gasteiger charge is 2.12. The molecular formula is C16H18N4OS. The molecule has 1 aromatic carbocycles. The van der Waals surface area contributed by atoms with E-state index in [-0.39, 0.29) is 5.91 Å². The van der Waals surface area contributed by atoms with Gasteiger partial charge in [-0.25, -0.2) is 0 Å². The van der Waals surface area contributed by atoms with E-state index in [1.54, 1.807) is 10.7 Å². The third-order valence-corrected chi connectivity index (χ3v) is 4.73. The largest absolute Gasteiger partial charge is 0.317 e. The SMILES string of the molecule is CCn1c(=NC(=O)c2cc(C)n(C)n2)sc2cc(C)ccc21. The lowest BCUT2D eigenvalue weighted by Gasteiger charge is -2.00. The normalized spacial score (nSPS) is 12.3. The fourth-order valence-electron chi connectivity index (χ4n) is 2.38. The molecule has 0 saturated carbocycles. The first-order valence-corrected chi connectivity index (χ1v) is 8.01. The first-order chi connectivity index (χ1) is 10.5. The van der Waals surface area contributed by atoms with E-state index in [1.807, 2.05) is 14.0 Å². The molecule has 1 amide bonds. The lowest BCUT2D eigenvalue weighted by Crippen LogP contribution is -2.16. The Balaban J connectivity index is 2.14. The van der Waals surface area contributed by atoms with E-state index in [1.165, 1.54) is 16.9 Å². The molecule has 0 fully saturated rings. The van der Waals surface area contributed by atoms with Crippen LogP contribution in [0.2, 0.25) is 0 Å². The molecule has 0 bridgehead atoms. The molecule has 0 unspecified atom stereocenters. The van der Waals surface area contributed by atoms with Crippen LogP contribution in [0.15, 0.2) is 29.3 Å². The maximum Gasteiger partial charge on any atom is 0.300 e. The lowest BCUT2D eigenvalue weighted by atomic mass is 10.2. The molecule has 3 rings (SSSR count). The van der Waals surface area contributed by atoms with E-state index >= 15 is 0 Å². The number of carbonyl (C=O) groups is 1.